The van der Waals surface area contributed by atoms with E-state index in [1.165, 1.54) is 16.9 Å². The third-order valence-corrected chi connectivity index (χ3v) is 6.00. The van der Waals surface area contributed by atoms with Crippen molar-refractivity contribution in [3.8, 4) is 11.1 Å². The van der Waals surface area contributed by atoms with Gasteiger partial charge in [-0.3, -0.25) is 4.79 Å². The molecule has 4 nitrogen and oxygen atoms in total. The summed E-state index contributed by atoms with van der Waals surface area (Å²) in [5.41, 5.74) is 3.81. The Balaban J connectivity index is 1.91. The first-order valence-electron chi connectivity index (χ1n) is 10.5. The van der Waals surface area contributed by atoms with E-state index in [0.29, 0.717) is 27.8 Å². The summed E-state index contributed by atoms with van der Waals surface area (Å²) >= 11 is 7.23. The molecule has 0 atom stereocenters. The van der Waals surface area contributed by atoms with E-state index in [4.69, 9.17) is 16.3 Å². The molecule has 0 saturated heterocycles. The van der Waals surface area contributed by atoms with Gasteiger partial charge in [0.2, 0.25) is 0 Å². The summed E-state index contributed by atoms with van der Waals surface area (Å²) in [6, 6.07) is 14.8. The second-order valence-electron chi connectivity index (χ2n) is 7.25. The van der Waals surface area contributed by atoms with Crippen molar-refractivity contribution >= 4 is 39.8 Å². The Kier molecular flexibility index (Phi) is 8.27. The smallest absolute Gasteiger partial charge is 0.341 e. The zero-order valence-electron chi connectivity index (χ0n) is 17.7. The number of aryl methyl sites for hydroxylation is 1. The van der Waals surface area contributed by atoms with Crippen LogP contribution in [-0.2, 0) is 11.2 Å². The molecule has 1 heterocycles. The average molecular weight is 456 g/mol. The van der Waals surface area contributed by atoms with Crippen LogP contribution in [0.3, 0.4) is 0 Å². The van der Waals surface area contributed by atoms with Crippen LogP contribution < -0.4 is 5.32 Å². The summed E-state index contributed by atoms with van der Waals surface area (Å²) in [4.78, 5) is 25.6. The van der Waals surface area contributed by atoms with E-state index in [2.05, 4.69) is 24.4 Å². The molecule has 0 saturated carbocycles. The summed E-state index contributed by atoms with van der Waals surface area (Å²) < 4.78 is 5.42. The molecule has 0 radical (unpaired) electrons. The van der Waals surface area contributed by atoms with E-state index in [9.17, 15) is 9.59 Å². The Morgan fingerprint density at radius 2 is 1.71 bits per heavy atom. The Bertz CT molecular complexity index is 1030. The number of amides is 1. The van der Waals surface area contributed by atoms with Crippen molar-refractivity contribution in [2.24, 2.45) is 0 Å². The molecule has 6 heteroatoms. The summed E-state index contributed by atoms with van der Waals surface area (Å²) in [6.45, 7) is 4.45. The SMILES string of the molecule is CCCCc1ccc(-c2csc(NC(=O)c3ccc(Cl)cc3)c2C(=O)OCCC)cc1. The summed E-state index contributed by atoms with van der Waals surface area (Å²) in [5, 5.41) is 5.79. The van der Waals surface area contributed by atoms with E-state index in [-0.39, 0.29) is 5.91 Å². The number of carbonyl (C=O) groups excluding carboxylic acids is 2. The number of hydrogen-bond acceptors (Lipinski definition) is 4. The van der Waals surface area contributed by atoms with Gasteiger partial charge in [-0.15, -0.1) is 11.3 Å². The molecular formula is C25H26ClNO3S. The highest BCUT2D eigenvalue weighted by atomic mass is 35.5. The fourth-order valence-corrected chi connectivity index (χ4v) is 4.22. The molecule has 2 aromatic carbocycles. The lowest BCUT2D eigenvalue weighted by Crippen LogP contribution is -2.15. The maximum Gasteiger partial charge on any atom is 0.341 e. The van der Waals surface area contributed by atoms with Crippen LogP contribution >= 0.6 is 22.9 Å². The second-order valence-corrected chi connectivity index (χ2v) is 8.57. The van der Waals surface area contributed by atoms with Crippen LogP contribution in [0.5, 0.6) is 0 Å². The quantitative estimate of drug-likeness (QED) is 0.346. The van der Waals surface area contributed by atoms with E-state index in [0.717, 1.165) is 36.8 Å². The van der Waals surface area contributed by atoms with Crippen LogP contribution in [0.2, 0.25) is 5.02 Å². The second kappa shape index (κ2) is 11.1. The summed E-state index contributed by atoms with van der Waals surface area (Å²) in [6.07, 6.45) is 4.06. The van der Waals surface area contributed by atoms with Gasteiger partial charge in [0.05, 0.1) is 6.61 Å². The van der Waals surface area contributed by atoms with Crippen LogP contribution in [0.25, 0.3) is 11.1 Å². The molecular weight excluding hydrogens is 430 g/mol. The number of benzene rings is 2. The minimum atomic E-state index is -0.431. The van der Waals surface area contributed by atoms with Crippen LogP contribution in [0.15, 0.2) is 53.9 Å². The molecule has 0 spiro atoms. The Morgan fingerprint density at radius 1 is 1.00 bits per heavy atom. The standard InChI is InChI=1S/C25H26ClNO3S/c1-3-5-6-17-7-9-18(10-8-17)21-16-31-24(22(21)25(29)30-15-4-2)27-23(28)19-11-13-20(26)14-12-19/h7-14,16H,3-6,15H2,1-2H3,(H,27,28). The van der Waals surface area contributed by atoms with Gasteiger partial charge in [0, 0.05) is 21.5 Å². The zero-order chi connectivity index (χ0) is 22.2. The van der Waals surface area contributed by atoms with Gasteiger partial charge in [-0.2, -0.15) is 0 Å². The molecule has 1 amide bonds. The molecule has 0 aliphatic heterocycles. The highest BCUT2D eigenvalue weighted by Crippen LogP contribution is 2.36. The average Bonchev–Trinajstić information content (AvgIpc) is 3.20. The molecule has 0 bridgehead atoms. The molecule has 1 N–H and O–H groups in total. The summed E-state index contributed by atoms with van der Waals surface area (Å²) in [5.74, 6) is -0.732. The van der Waals surface area contributed by atoms with Crippen LogP contribution in [0.4, 0.5) is 5.00 Å². The van der Waals surface area contributed by atoms with E-state index >= 15 is 0 Å². The maximum atomic E-state index is 12.9. The number of anilines is 1. The van der Waals surface area contributed by atoms with Gasteiger partial charge in [0.1, 0.15) is 10.6 Å². The lowest BCUT2D eigenvalue weighted by molar-refractivity contribution is 0.0508. The van der Waals surface area contributed by atoms with Crippen molar-refractivity contribution in [1.29, 1.82) is 0 Å². The van der Waals surface area contributed by atoms with Gasteiger partial charge in [0.25, 0.3) is 5.91 Å². The van der Waals surface area contributed by atoms with Crippen LogP contribution in [0.1, 0.15) is 59.4 Å². The molecule has 3 rings (SSSR count). The largest absolute Gasteiger partial charge is 0.462 e. The Morgan fingerprint density at radius 3 is 2.35 bits per heavy atom. The number of nitrogens with one attached hydrogen (secondary N) is 1. The number of unbranched alkanes of at least 4 members (excludes halogenated alkanes) is 1. The lowest BCUT2D eigenvalue weighted by Gasteiger charge is -2.10. The maximum absolute atomic E-state index is 12.9. The normalized spacial score (nSPS) is 10.7. The van der Waals surface area contributed by atoms with Gasteiger partial charge >= 0.3 is 5.97 Å². The van der Waals surface area contributed by atoms with Crippen molar-refractivity contribution in [3.05, 3.63) is 75.6 Å². The predicted molar refractivity (Wildman–Crippen MR) is 128 cm³/mol. The first-order chi connectivity index (χ1) is 15.0. The monoisotopic (exact) mass is 455 g/mol. The summed E-state index contributed by atoms with van der Waals surface area (Å²) in [7, 11) is 0. The van der Waals surface area contributed by atoms with Crippen molar-refractivity contribution in [3.63, 3.8) is 0 Å². The van der Waals surface area contributed by atoms with Crippen molar-refractivity contribution in [2.45, 2.75) is 39.5 Å². The third kappa shape index (κ3) is 5.96. The van der Waals surface area contributed by atoms with Crippen molar-refractivity contribution < 1.29 is 14.3 Å². The molecule has 0 aliphatic carbocycles. The predicted octanol–water partition coefficient (Wildman–Crippen LogP) is 7.23. The van der Waals surface area contributed by atoms with Gasteiger partial charge in [-0.25, -0.2) is 4.79 Å². The number of thiophene rings is 1. The number of hydrogen-bond donors (Lipinski definition) is 1. The molecule has 0 unspecified atom stereocenters. The number of rotatable bonds is 9. The van der Waals surface area contributed by atoms with Crippen LogP contribution in [-0.4, -0.2) is 18.5 Å². The first kappa shape index (κ1) is 23.0. The van der Waals surface area contributed by atoms with E-state index in [1.807, 2.05) is 24.4 Å². The first-order valence-corrected chi connectivity index (χ1v) is 11.7. The minimum Gasteiger partial charge on any atom is -0.462 e. The van der Waals surface area contributed by atoms with E-state index in [1.54, 1.807) is 24.3 Å². The van der Waals surface area contributed by atoms with Gasteiger partial charge in [0.15, 0.2) is 0 Å². The fraction of sp³-hybridized carbons (Fsp3) is 0.280. The van der Waals surface area contributed by atoms with Crippen molar-refractivity contribution in [1.82, 2.24) is 0 Å². The molecule has 162 valence electrons. The van der Waals surface area contributed by atoms with Gasteiger partial charge in [-0.1, -0.05) is 56.1 Å². The van der Waals surface area contributed by atoms with Gasteiger partial charge < -0.3 is 10.1 Å². The molecule has 0 fully saturated rings. The molecule has 3 aromatic rings. The molecule has 1 aromatic heterocycles. The topological polar surface area (TPSA) is 55.4 Å². The zero-order valence-corrected chi connectivity index (χ0v) is 19.3. The van der Waals surface area contributed by atoms with E-state index < -0.39 is 5.97 Å². The highest BCUT2D eigenvalue weighted by molar-refractivity contribution is 7.15. The molecule has 31 heavy (non-hydrogen) atoms. The Labute approximate surface area is 192 Å². The highest BCUT2D eigenvalue weighted by Gasteiger charge is 2.23. The third-order valence-electron chi connectivity index (χ3n) is 4.85. The molecule has 0 aliphatic rings. The lowest BCUT2D eigenvalue weighted by atomic mass is 10.0. The van der Waals surface area contributed by atoms with Gasteiger partial charge in [-0.05, 0) is 54.7 Å². The number of ether oxygens (including phenoxy) is 1. The minimum absolute atomic E-state index is 0.301. The fourth-order valence-electron chi connectivity index (χ4n) is 3.14. The van der Waals surface area contributed by atoms with Crippen LogP contribution in [0, 0.1) is 0 Å². The number of halogens is 1. The van der Waals surface area contributed by atoms with Crippen molar-refractivity contribution in [2.75, 3.05) is 11.9 Å². The number of esters is 1. The number of carbonyl (C=O) groups is 2. The Hall–Kier alpha value is -2.63.